The summed E-state index contributed by atoms with van der Waals surface area (Å²) in [6.07, 6.45) is -4.66. The van der Waals surface area contributed by atoms with Gasteiger partial charge >= 0.3 is 6.36 Å². The fraction of sp³-hybridized carbons (Fsp3) is 0.300. The zero-order valence-corrected chi connectivity index (χ0v) is 9.64. The maximum absolute atomic E-state index is 12.0. The number of ketones is 1. The van der Waals surface area contributed by atoms with E-state index in [4.69, 9.17) is 0 Å². The van der Waals surface area contributed by atoms with Crippen LogP contribution in [-0.2, 0) is 0 Å². The van der Waals surface area contributed by atoms with Crippen molar-refractivity contribution in [1.29, 1.82) is 0 Å². The molecule has 0 aromatic heterocycles. The van der Waals surface area contributed by atoms with Crippen LogP contribution in [0.4, 0.5) is 13.2 Å². The molecule has 1 aromatic rings. The molecule has 0 saturated carbocycles. The second-order valence-corrected chi connectivity index (χ2v) is 3.70. The normalized spacial score (nSPS) is 11.2. The third-order valence-corrected chi connectivity index (χ3v) is 2.13. The molecule has 0 atom stereocenters. The Kier molecular flexibility index (Phi) is 4.35. The molecule has 0 spiro atoms. The van der Waals surface area contributed by atoms with Crippen LogP contribution >= 0.6 is 15.9 Å². The van der Waals surface area contributed by atoms with E-state index in [1.165, 1.54) is 18.2 Å². The van der Waals surface area contributed by atoms with E-state index in [0.717, 1.165) is 6.07 Å². The molecular weight excluding hydrogens is 289 g/mol. The zero-order valence-electron chi connectivity index (χ0n) is 8.05. The number of ether oxygens (including phenoxy) is 1. The van der Waals surface area contributed by atoms with E-state index >= 15 is 0 Å². The highest BCUT2D eigenvalue weighted by molar-refractivity contribution is 9.09. The van der Waals surface area contributed by atoms with E-state index in [1.54, 1.807) is 0 Å². The molecule has 0 saturated heterocycles. The van der Waals surface area contributed by atoms with Crippen LogP contribution < -0.4 is 4.74 Å². The third kappa shape index (κ3) is 3.84. The summed E-state index contributed by atoms with van der Waals surface area (Å²) in [6.45, 7) is 0. The van der Waals surface area contributed by atoms with E-state index in [-0.39, 0.29) is 12.0 Å². The Hall–Kier alpha value is -1.04. The lowest BCUT2D eigenvalue weighted by Gasteiger charge is -2.11. The van der Waals surface area contributed by atoms with Crippen molar-refractivity contribution < 1.29 is 22.7 Å². The summed E-state index contributed by atoms with van der Waals surface area (Å²) in [5.41, 5.74) is -0.0562. The molecule has 0 aliphatic heterocycles. The number of carbonyl (C=O) groups is 1. The predicted octanol–water partition coefficient (Wildman–Crippen LogP) is 3.55. The predicted molar refractivity (Wildman–Crippen MR) is 55.9 cm³/mol. The minimum absolute atomic E-state index is 0.0562. The third-order valence-electron chi connectivity index (χ3n) is 1.73. The van der Waals surface area contributed by atoms with Crippen molar-refractivity contribution >= 4 is 21.7 Å². The number of halogens is 4. The van der Waals surface area contributed by atoms with Gasteiger partial charge in [-0.3, -0.25) is 4.79 Å². The number of para-hydroxylation sites is 1. The molecule has 0 bridgehead atoms. The SMILES string of the molecule is O=C(CCBr)c1ccccc1OC(F)(F)F. The number of hydrogen-bond donors (Lipinski definition) is 0. The first-order chi connectivity index (χ1) is 7.44. The van der Waals surface area contributed by atoms with Crippen LogP contribution in [0.3, 0.4) is 0 Å². The molecule has 6 heteroatoms. The van der Waals surface area contributed by atoms with Crippen LogP contribution in [0.5, 0.6) is 5.75 Å². The monoisotopic (exact) mass is 296 g/mol. The summed E-state index contributed by atoms with van der Waals surface area (Å²) in [4.78, 5) is 11.5. The van der Waals surface area contributed by atoms with Crippen LogP contribution in [0.25, 0.3) is 0 Å². The lowest BCUT2D eigenvalue weighted by molar-refractivity contribution is -0.274. The molecule has 0 N–H and O–H groups in total. The summed E-state index contributed by atoms with van der Waals surface area (Å²) in [7, 11) is 0. The molecule has 0 aliphatic carbocycles. The van der Waals surface area contributed by atoms with Gasteiger partial charge in [-0.1, -0.05) is 28.1 Å². The molecule has 88 valence electrons. The largest absolute Gasteiger partial charge is 0.573 e. The number of rotatable bonds is 4. The van der Waals surface area contributed by atoms with Crippen molar-refractivity contribution in [2.75, 3.05) is 5.33 Å². The maximum Gasteiger partial charge on any atom is 0.573 e. The van der Waals surface area contributed by atoms with Gasteiger partial charge in [0.15, 0.2) is 5.78 Å². The molecule has 0 unspecified atom stereocenters. The molecule has 1 rings (SSSR count). The van der Waals surface area contributed by atoms with Gasteiger partial charge in [-0.15, -0.1) is 13.2 Å². The minimum atomic E-state index is -4.79. The minimum Gasteiger partial charge on any atom is -0.405 e. The zero-order chi connectivity index (χ0) is 12.2. The first-order valence-electron chi connectivity index (χ1n) is 4.38. The number of Topliss-reactive ketones (excluding diaryl/α,β-unsaturated/α-hetero) is 1. The van der Waals surface area contributed by atoms with Gasteiger partial charge in [0.1, 0.15) is 5.75 Å². The van der Waals surface area contributed by atoms with Gasteiger partial charge in [-0.05, 0) is 12.1 Å². The highest BCUT2D eigenvalue weighted by atomic mass is 79.9. The second-order valence-electron chi connectivity index (χ2n) is 2.91. The van der Waals surface area contributed by atoms with Gasteiger partial charge < -0.3 is 4.74 Å². The summed E-state index contributed by atoms with van der Waals surface area (Å²) >= 11 is 3.05. The molecular formula is C10H8BrF3O2. The van der Waals surface area contributed by atoms with Crippen LogP contribution in [-0.4, -0.2) is 17.5 Å². The molecule has 0 heterocycles. The van der Waals surface area contributed by atoms with Gasteiger partial charge in [0.2, 0.25) is 0 Å². The van der Waals surface area contributed by atoms with Crippen molar-refractivity contribution in [2.24, 2.45) is 0 Å². The Bertz CT molecular complexity index is 377. The maximum atomic E-state index is 12.0. The molecule has 0 amide bonds. The van der Waals surface area contributed by atoms with Crippen molar-refractivity contribution in [2.45, 2.75) is 12.8 Å². The molecule has 0 radical (unpaired) electrons. The Morgan fingerprint density at radius 2 is 1.94 bits per heavy atom. The quantitative estimate of drug-likeness (QED) is 0.627. The first kappa shape index (κ1) is 13.0. The standard InChI is InChI=1S/C10H8BrF3O2/c11-6-5-8(15)7-3-1-2-4-9(7)16-10(12,13)14/h1-4H,5-6H2. The topological polar surface area (TPSA) is 26.3 Å². The fourth-order valence-electron chi connectivity index (χ4n) is 1.13. The second kappa shape index (κ2) is 5.34. The van der Waals surface area contributed by atoms with Crippen molar-refractivity contribution in [1.82, 2.24) is 0 Å². The van der Waals surface area contributed by atoms with E-state index in [0.29, 0.717) is 5.33 Å². The summed E-state index contributed by atoms with van der Waals surface area (Å²) < 4.78 is 39.8. The van der Waals surface area contributed by atoms with Crippen LogP contribution in [0.2, 0.25) is 0 Å². The van der Waals surface area contributed by atoms with Crippen LogP contribution in [0.15, 0.2) is 24.3 Å². The van der Waals surface area contributed by atoms with Gasteiger partial charge in [0.05, 0.1) is 5.56 Å². The van der Waals surface area contributed by atoms with E-state index < -0.39 is 17.9 Å². The van der Waals surface area contributed by atoms with Crippen LogP contribution in [0.1, 0.15) is 16.8 Å². The lowest BCUT2D eigenvalue weighted by atomic mass is 10.1. The molecule has 1 aromatic carbocycles. The van der Waals surface area contributed by atoms with Gasteiger partial charge in [0.25, 0.3) is 0 Å². The first-order valence-corrected chi connectivity index (χ1v) is 5.50. The van der Waals surface area contributed by atoms with Gasteiger partial charge in [0, 0.05) is 11.8 Å². The molecule has 2 nitrogen and oxygen atoms in total. The smallest absolute Gasteiger partial charge is 0.405 e. The number of carbonyl (C=O) groups excluding carboxylic acids is 1. The van der Waals surface area contributed by atoms with Crippen molar-refractivity contribution in [3.63, 3.8) is 0 Å². The lowest BCUT2D eigenvalue weighted by Crippen LogP contribution is -2.19. The Morgan fingerprint density at radius 3 is 2.50 bits per heavy atom. The van der Waals surface area contributed by atoms with Crippen LogP contribution in [0, 0.1) is 0 Å². The number of benzene rings is 1. The van der Waals surface area contributed by atoms with E-state index in [9.17, 15) is 18.0 Å². The Balaban J connectivity index is 2.96. The average Bonchev–Trinajstić information content (AvgIpc) is 2.16. The fourth-order valence-corrected chi connectivity index (χ4v) is 1.49. The Labute approximate surface area is 98.5 Å². The highest BCUT2D eigenvalue weighted by Crippen LogP contribution is 2.27. The molecule has 16 heavy (non-hydrogen) atoms. The highest BCUT2D eigenvalue weighted by Gasteiger charge is 2.32. The average molecular weight is 297 g/mol. The van der Waals surface area contributed by atoms with Crippen molar-refractivity contribution in [3.8, 4) is 5.75 Å². The number of hydrogen-bond acceptors (Lipinski definition) is 2. The Morgan fingerprint density at radius 1 is 1.31 bits per heavy atom. The van der Waals surface area contributed by atoms with Gasteiger partial charge in [-0.25, -0.2) is 0 Å². The van der Waals surface area contributed by atoms with Gasteiger partial charge in [-0.2, -0.15) is 0 Å². The summed E-state index contributed by atoms with van der Waals surface area (Å²) in [6, 6.07) is 5.30. The molecule has 0 fully saturated rings. The van der Waals surface area contributed by atoms with E-state index in [1.807, 2.05) is 0 Å². The summed E-state index contributed by atoms with van der Waals surface area (Å²) in [5.74, 6) is -0.849. The molecule has 0 aliphatic rings. The number of alkyl halides is 4. The van der Waals surface area contributed by atoms with Crippen molar-refractivity contribution in [3.05, 3.63) is 29.8 Å². The summed E-state index contributed by atoms with van der Waals surface area (Å²) in [5, 5.41) is 0.395. The van der Waals surface area contributed by atoms with E-state index in [2.05, 4.69) is 20.7 Å².